The summed E-state index contributed by atoms with van der Waals surface area (Å²) >= 11 is 0. The van der Waals surface area contributed by atoms with E-state index in [-0.39, 0.29) is 35.4 Å². The maximum Gasteiger partial charge on any atom is 0.311 e. The molecule has 0 radical (unpaired) electrons. The highest BCUT2D eigenvalue weighted by Gasteiger charge is 2.31. The van der Waals surface area contributed by atoms with E-state index in [2.05, 4.69) is 20.6 Å². The van der Waals surface area contributed by atoms with Crippen LogP contribution in [-0.2, 0) is 19.2 Å². The highest BCUT2D eigenvalue weighted by Crippen LogP contribution is 2.29. The smallest absolute Gasteiger partial charge is 0.311 e. The zero-order valence-electron chi connectivity index (χ0n) is 32.4. The van der Waals surface area contributed by atoms with Gasteiger partial charge in [0.2, 0.25) is 17.7 Å². The second-order valence-corrected chi connectivity index (χ2v) is 14.6. The lowest BCUT2D eigenvalue weighted by Crippen LogP contribution is -2.54. The summed E-state index contributed by atoms with van der Waals surface area (Å²) in [5, 5.41) is 9.85. The van der Waals surface area contributed by atoms with Gasteiger partial charge in [0.15, 0.2) is 0 Å². The van der Waals surface area contributed by atoms with E-state index in [1.165, 1.54) is 36.8 Å². The number of carbonyl (C=O) groups is 4. The zero-order valence-corrected chi connectivity index (χ0v) is 32.4. The molecule has 8 N–H and O–H groups in total. The number of ether oxygens (including phenoxy) is 2. The fourth-order valence-corrected chi connectivity index (χ4v) is 6.88. The molecule has 3 amide bonds. The molecule has 7 rings (SSSR count). The number of carbonyl (C=O) groups excluding carboxylic acids is 4. The van der Waals surface area contributed by atoms with Crippen LogP contribution in [0.1, 0.15) is 77.2 Å². The Kier molecular flexibility index (Phi) is 14.9. The van der Waals surface area contributed by atoms with Crippen molar-refractivity contribution in [2.24, 2.45) is 23.1 Å². The van der Waals surface area contributed by atoms with Crippen molar-refractivity contribution in [3.63, 3.8) is 0 Å². The van der Waals surface area contributed by atoms with Crippen molar-refractivity contribution in [3.05, 3.63) is 78.4 Å². The van der Waals surface area contributed by atoms with Crippen LogP contribution in [0.2, 0.25) is 0 Å². The number of anilines is 2. The van der Waals surface area contributed by atoms with Crippen molar-refractivity contribution in [1.82, 2.24) is 20.0 Å². The van der Waals surface area contributed by atoms with Gasteiger partial charge in [0.25, 0.3) is 0 Å². The Morgan fingerprint density at radius 1 is 0.964 bits per heavy atom. The van der Waals surface area contributed by atoms with Gasteiger partial charge in [-0.1, -0.05) is 57.4 Å². The molecule has 1 saturated carbocycles. The average Bonchev–Trinajstić information content (AvgIpc) is 3.67. The summed E-state index contributed by atoms with van der Waals surface area (Å²) in [6.07, 6.45) is 13.1. The standard InChI is InChI=1S/C28H39N7O3.C8H9NO.C5H7NO2/c1-19(2)14-27(37)38-25-11-7-6-10-22(25)23(29)15-24(28(30)31)35-17-21(16-32-35)34-13-12-33(18-26(34)36)20-8-4-3-5-9-20;1-2-4-8-7(3-1)9-5-6-10-8;7-4-2-1-3-5(8)6-4/h6-7,10-11,15-17,19-20H,3-5,8-9,12-14,18,29-31H2,1-2H3;1-4,9H,5-6H2;1-3H2,(H,6,7,8)/b23-15-;;. The van der Waals surface area contributed by atoms with Gasteiger partial charge in [-0.15, -0.1) is 0 Å². The Hall–Kier alpha value is -5.83. The molecular formula is C41H55N9O6. The van der Waals surface area contributed by atoms with Gasteiger partial charge in [0.05, 0.1) is 30.3 Å². The molecule has 0 unspecified atom stereocenters. The summed E-state index contributed by atoms with van der Waals surface area (Å²) in [6.45, 7) is 7.44. The minimum Gasteiger partial charge on any atom is -0.490 e. The number of amides is 3. The van der Waals surface area contributed by atoms with Gasteiger partial charge in [-0.2, -0.15) is 5.10 Å². The molecule has 15 heteroatoms. The maximum absolute atomic E-state index is 13.0. The molecule has 1 aromatic heterocycles. The van der Waals surface area contributed by atoms with E-state index >= 15 is 0 Å². The zero-order chi connectivity index (χ0) is 40.0. The van der Waals surface area contributed by atoms with E-state index in [0.717, 1.165) is 31.1 Å². The number of hydrogen-bond acceptors (Lipinski definition) is 12. The fourth-order valence-electron chi connectivity index (χ4n) is 6.88. The van der Waals surface area contributed by atoms with Crippen LogP contribution in [0.15, 0.2) is 72.8 Å². The number of nitrogens with one attached hydrogen (secondary N) is 2. The van der Waals surface area contributed by atoms with Gasteiger partial charge in [-0.3, -0.25) is 29.4 Å². The first-order valence-electron chi connectivity index (χ1n) is 19.4. The van der Waals surface area contributed by atoms with Crippen LogP contribution in [-0.4, -0.2) is 77.2 Å². The number of benzene rings is 2. The summed E-state index contributed by atoms with van der Waals surface area (Å²) in [5.74, 6) is 0.940. The predicted molar refractivity (Wildman–Crippen MR) is 216 cm³/mol. The first kappa shape index (κ1) is 41.3. The Balaban J connectivity index is 0.000000268. The molecule has 3 aliphatic heterocycles. The number of rotatable bonds is 8. The maximum atomic E-state index is 13.0. The van der Waals surface area contributed by atoms with Gasteiger partial charge < -0.3 is 36.9 Å². The van der Waals surface area contributed by atoms with Crippen LogP contribution in [0.3, 0.4) is 0 Å². The Bertz CT molecular complexity index is 1860. The SMILES string of the molecule is CC(C)CC(=O)Oc1ccccc1/C(N)=C/C(=C(N)N)n1cc(N2CCN(C3CCCCC3)CC2=O)cn1.O=C1CCCC(=O)N1.c1ccc2c(c1)NCCO2. The molecule has 0 spiro atoms. The molecule has 3 aromatic rings. The van der Waals surface area contributed by atoms with Crippen LogP contribution in [0.4, 0.5) is 11.4 Å². The molecule has 15 nitrogen and oxygen atoms in total. The monoisotopic (exact) mass is 769 g/mol. The summed E-state index contributed by atoms with van der Waals surface area (Å²) < 4.78 is 12.4. The molecule has 56 heavy (non-hydrogen) atoms. The van der Waals surface area contributed by atoms with Crippen molar-refractivity contribution < 1.29 is 28.7 Å². The third-order valence-electron chi connectivity index (χ3n) is 9.70. The number of imide groups is 1. The van der Waals surface area contributed by atoms with Crippen LogP contribution < -0.4 is 42.2 Å². The summed E-state index contributed by atoms with van der Waals surface area (Å²) in [5.41, 5.74) is 21.4. The van der Waals surface area contributed by atoms with Crippen LogP contribution in [0.5, 0.6) is 11.5 Å². The Morgan fingerprint density at radius 3 is 2.34 bits per heavy atom. The van der Waals surface area contributed by atoms with Crippen LogP contribution in [0, 0.1) is 5.92 Å². The molecular weight excluding hydrogens is 715 g/mol. The number of esters is 1. The number of piperazine rings is 1. The lowest BCUT2D eigenvalue weighted by Gasteiger charge is -2.39. The number of para-hydroxylation sites is 3. The summed E-state index contributed by atoms with van der Waals surface area (Å²) in [7, 11) is 0. The summed E-state index contributed by atoms with van der Waals surface area (Å²) in [4.78, 5) is 50.0. The lowest BCUT2D eigenvalue weighted by atomic mass is 9.94. The molecule has 4 aliphatic rings. The Labute approximate surface area is 328 Å². The molecule has 0 atom stereocenters. The minimum atomic E-state index is -0.334. The number of hydrogen-bond donors (Lipinski definition) is 5. The fraction of sp³-hybridized carbons (Fsp3) is 0.439. The molecule has 300 valence electrons. The van der Waals surface area contributed by atoms with Crippen molar-refractivity contribution in [3.8, 4) is 11.5 Å². The second-order valence-electron chi connectivity index (χ2n) is 14.6. The quantitative estimate of drug-likeness (QED) is 0.0946. The van der Waals surface area contributed by atoms with Gasteiger partial charge in [-0.05, 0) is 55.5 Å². The highest BCUT2D eigenvalue weighted by atomic mass is 16.5. The second kappa shape index (κ2) is 20.2. The molecule has 4 heterocycles. The average molecular weight is 770 g/mol. The largest absolute Gasteiger partial charge is 0.490 e. The van der Waals surface area contributed by atoms with E-state index < -0.39 is 0 Å². The molecule has 2 aromatic carbocycles. The first-order valence-corrected chi connectivity index (χ1v) is 19.4. The normalized spacial score (nSPS) is 17.5. The van der Waals surface area contributed by atoms with Crippen molar-refractivity contribution >= 4 is 46.5 Å². The third-order valence-corrected chi connectivity index (χ3v) is 9.70. The van der Waals surface area contributed by atoms with E-state index in [0.29, 0.717) is 73.2 Å². The first-order chi connectivity index (χ1) is 27.0. The van der Waals surface area contributed by atoms with Crippen LogP contribution in [0.25, 0.3) is 11.4 Å². The predicted octanol–water partition coefficient (Wildman–Crippen LogP) is 4.16. The van der Waals surface area contributed by atoms with Crippen molar-refractivity contribution in [1.29, 1.82) is 0 Å². The van der Waals surface area contributed by atoms with Gasteiger partial charge in [0, 0.05) is 56.2 Å². The molecule has 0 bridgehead atoms. The highest BCUT2D eigenvalue weighted by molar-refractivity contribution is 5.97. The number of nitrogens with two attached hydrogens (primary N) is 3. The van der Waals surface area contributed by atoms with E-state index in [1.807, 2.05) is 38.1 Å². The van der Waals surface area contributed by atoms with Gasteiger partial charge in [-0.25, -0.2) is 4.68 Å². The molecule has 2 saturated heterocycles. The Morgan fingerprint density at radius 2 is 1.68 bits per heavy atom. The topological polar surface area (TPSA) is 213 Å². The number of piperidine rings is 1. The van der Waals surface area contributed by atoms with Crippen LogP contribution >= 0.6 is 0 Å². The number of nitrogens with zero attached hydrogens (tertiary/aromatic N) is 4. The molecule has 1 aliphatic carbocycles. The number of aromatic nitrogens is 2. The summed E-state index contributed by atoms with van der Waals surface area (Å²) in [6, 6.07) is 15.5. The van der Waals surface area contributed by atoms with Gasteiger partial charge in [0.1, 0.15) is 29.6 Å². The number of fused-ring (bicyclic) bond motifs is 1. The lowest BCUT2D eigenvalue weighted by molar-refractivity contribution is -0.135. The van der Waals surface area contributed by atoms with Crippen molar-refractivity contribution in [2.45, 2.75) is 77.7 Å². The van der Waals surface area contributed by atoms with E-state index in [1.54, 1.807) is 47.6 Å². The van der Waals surface area contributed by atoms with E-state index in [4.69, 9.17) is 26.7 Å². The van der Waals surface area contributed by atoms with Gasteiger partial charge >= 0.3 is 5.97 Å². The minimum absolute atomic E-state index is 0.00493. The van der Waals surface area contributed by atoms with Crippen molar-refractivity contribution in [2.75, 3.05) is 43.0 Å². The molecule has 3 fully saturated rings. The number of allylic oxidation sites excluding steroid dienone is 2. The third kappa shape index (κ3) is 11.8. The van der Waals surface area contributed by atoms with E-state index in [9.17, 15) is 19.2 Å².